The van der Waals surface area contributed by atoms with Crippen LogP contribution in [0.3, 0.4) is 0 Å². The number of benzene rings is 2. The summed E-state index contributed by atoms with van der Waals surface area (Å²) in [7, 11) is 1.67. The Bertz CT molecular complexity index is 924. The van der Waals surface area contributed by atoms with Crippen LogP contribution in [-0.4, -0.2) is 17.9 Å². The predicted octanol–water partition coefficient (Wildman–Crippen LogP) is 5.77. The van der Waals surface area contributed by atoms with Crippen molar-refractivity contribution in [3.05, 3.63) is 74.6 Å². The van der Waals surface area contributed by atoms with E-state index in [0.717, 1.165) is 17.0 Å². The molecule has 3 aromatic rings. The summed E-state index contributed by atoms with van der Waals surface area (Å²) < 4.78 is 8.74. The van der Waals surface area contributed by atoms with Crippen LogP contribution in [0.2, 0.25) is 0 Å². The van der Waals surface area contributed by atoms with Gasteiger partial charge in [0.1, 0.15) is 5.75 Å². The third kappa shape index (κ3) is 3.79. The van der Waals surface area contributed by atoms with E-state index in [2.05, 4.69) is 77.2 Å². The van der Waals surface area contributed by atoms with Gasteiger partial charge in [0.05, 0.1) is 12.8 Å². The molecule has 128 valence electrons. The van der Waals surface area contributed by atoms with Crippen LogP contribution in [-0.2, 0) is 0 Å². The average molecular weight is 444 g/mol. The van der Waals surface area contributed by atoms with Gasteiger partial charge in [-0.05, 0) is 97.5 Å². The highest BCUT2D eigenvalue weighted by Crippen LogP contribution is 2.23. The number of hydrogen-bond acceptors (Lipinski definition) is 2. The van der Waals surface area contributed by atoms with Crippen molar-refractivity contribution in [3.63, 3.8) is 0 Å². The number of aryl methyl sites for hydroxylation is 2. The van der Waals surface area contributed by atoms with Gasteiger partial charge >= 0.3 is 0 Å². The maximum Gasteiger partial charge on any atom is 0.119 e. The molecular weight excluding hydrogens is 423 g/mol. The van der Waals surface area contributed by atoms with Crippen LogP contribution in [0, 0.1) is 24.3 Å². The van der Waals surface area contributed by atoms with E-state index >= 15 is 0 Å². The minimum absolute atomic E-state index is 0.839. The molecule has 3 rings (SSSR count). The van der Waals surface area contributed by atoms with Crippen LogP contribution in [0.1, 0.15) is 22.5 Å². The van der Waals surface area contributed by atoms with Gasteiger partial charge in [0.25, 0.3) is 0 Å². The van der Waals surface area contributed by atoms with E-state index in [1.54, 1.807) is 7.11 Å². The molecule has 0 saturated heterocycles. The van der Waals surface area contributed by atoms with E-state index in [9.17, 15) is 0 Å². The fourth-order valence-electron chi connectivity index (χ4n) is 2.90. The van der Waals surface area contributed by atoms with Crippen molar-refractivity contribution in [2.24, 2.45) is 4.99 Å². The van der Waals surface area contributed by atoms with Gasteiger partial charge in [-0.1, -0.05) is 0 Å². The molecule has 0 aliphatic rings. The van der Waals surface area contributed by atoms with Crippen molar-refractivity contribution in [2.45, 2.75) is 20.8 Å². The second kappa shape index (κ2) is 7.44. The van der Waals surface area contributed by atoms with E-state index in [4.69, 9.17) is 4.74 Å². The molecule has 0 spiro atoms. The number of nitrogens with zero attached hydrogens (tertiary/aromatic N) is 2. The van der Waals surface area contributed by atoms with Gasteiger partial charge in [0.2, 0.25) is 0 Å². The largest absolute Gasteiger partial charge is 0.497 e. The highest BCUT2D eigenvalue weighted by atomic mass is 127. The van der Waals surface area contributed by atoms with Gasteiger partial charge in [0, 0.05) is 32.4 Å². The van der Waals surface area contributed by atoms with E-state index in [1.165, 1.54) is 26.2 Å². The summed E-state index contributed by atoms with van der Waals surface area (Å²) in [6, 6.07) is 16.5. The second-order valence-electron chi connectivity index (χ2n) is 6.05. The van der Waals surface area contributed by atoms with E-state index in [0.29, 0.717) is 0 Å². The number of rotatable bonds is 4. The van der Waals surface area contributed by atoms with Crippen LogP contribution in [0.4, 0.5) is 5.69 Å². The molecule has 4 heteroatoms. The van der Waals surface area contributed by atoms with Crippen molar-refractivity contribution in [3.8, 4) is 11.4 Å². The zero-order valence-electron chi connectivity index (χ0n) is 14.9. The minimum Gasteiger partial charge on any atom is -0.497 e. The zero-order valence-corrected chi connectivity index (χ0v) is 17.0. The first-order valence-electron chi connectivity index (χ1n) is 8.13. The van der Waals surface area contributed by atoms with Crippen LogP contribution in [0.25, 0.3) is 5.69 Å². The highest BCUT2D eigenvalue weighted by molar-refractivity contribution is 14.1. The molecular formula is C21H21IN2O. The van der Waals surface area contributed by atoms with Gasteiger partial charge in [0.15, 0.2) is 0 Å². The average Bonchev–Trinajstić information content (AvgIpc) is 2.90. The molecule has 0 radical (unpaired) electrons. The normalized spacial score (nSPS) is 11.2. The SMILES string of the molecule is COc1ccc(N=Cc2cc(C)n(-c3ccc(I)c(C)c3)c2C)cc1. The smallest absolute Gasteiger partial charge is 0.119 e. The first kappa shape index (κ1) is 17.7. The number of aromatic nitrogens is 1. The third-order valence-electron chi connectivity index (χ3n) is 4.30. The molecule has 0 amide bonds. The lowest BCUT2D eigenvalue weighted by atomic mass is 10.2. The van der Waals surface area contributed by atoms with E-state index in [-0.39, 0.29) is 0 Å². The summed E-state index contributed by atoms with van der Waals surface area (Å²) in [6.45, 7) is 6.41. The fraction of sp³-hybridized carbons (Fsp3) is 0.190. The molecule has 0 aliphatic carbocycles. The summed E-state index contributed by atoms with van der Waals surface area (Å²) >= 11 is 2.37. The Morgan fingerprint density at radius 1 is 1.00 bits per heavy atom. The molecule has 0 bridgehead atoms. The van der Waals surface area contributed by atoms with E-state index < -0.39 is 0 Å². The molecule has 0 atom stereocenters. The van der Waals surface area contributed by atoms with Crippen LogP contribution in [0.5, 0.6) is 5.75 Å². The molecule has 0 aliphatic heterocycles. The number of aliphatic imine (C=N–C) groups is 1. The van der Waals surface area contributed by atoms with Crippen LogP contribution < -0.4 is 4.74 Å². The van der Waals surface area contributed by atoms with Crippen molar-refractivity contribution >= 4 is 34.5 Å². The molecule has 0 N–H and O–H groups in total. The minimum atomic E-state index is 0.839. The molecule has 1 heterocycles. The quantitative estimate of drug-likeness (QED) is 0.371. The number of halogens is 1. The Balaban J connectivity index is 1.93. The number of methoxy groups -OCH3 is 1. The van der Waals surface area contributed by atoms with Gasteiger partial charge in [-0.15, -0.1) is 0 Å². The zero-order chi connectivity index (χ0) is 18.0. The summed E-state index contributed by atoms with van der Waals surface area (Å²) in [6.07, 6.45) is 1.93. The fourth-order valence-corrected chi connectivity index (χ4v) is 3.23. The van der Waals surface area contributed by atoms with Crippen molar-refractivity contribution < 1.29 is 4.74 Å². The summed E-state index contributed by atoms with van der Waals surface area (Å²) in [5.41, 5.74) is 6.92. The molecule has 0 fully saturated rings. The van der Waals surface area contributed by atoms with Crippen LogP contribution >= 0.6 is 22.6 Å². The molecule has 25 heavy (non-hydrogen) atoms. The van der Waals surface area contributed by atoms with Crippen molar-refractivity contribution in [1.29, 1.82) is 0 Å². The Hall–Kier alpha value is -2.08. The number of ether oxygens (including phenoxy) is 1. The van der Waals surface area contributed by atoms with Gasteiger partial charge < -0.3 is 9.30 Å². The first-order valence-corrected chi connectivity index (χ1v) is 9.21. The Kier molecular flexibility index (Phi) is 5.27. The van der Waals surface area contributed by atoms with Gasteiger partial charge in [-0.25, -0.2) is 0 Å². The molecule has 0 saturated carbocycles. The van der Waals surface area contributed by atoms with Crippen molar-refractivity contribution in [2.75, 3.05) is 7.11 Å². The Labute approximate surface area is 162 Å². The molecule has 3 nitrogen and oxygen atoms in total. The van der Waals surface area contributed by atoms with Gasteiger partial charge in [-0.2, -0.15) is 0 Å². The third-order valence-corrected chi connectivity index (χ3v) is 5.51. The maximum atomic E-state index is 5.18. The van der Waals surface area contributed by atoms with Crippen LogP contribution in [0.15, 0.2) is 53.5 Å². The maximum absolute atomic E-state index is 5.18. The molecule has 0 unspecified atom stereocenters. The number of hydrogen-bond donors (Lipinski definition) is 0. The lowest BCUT2D eigenvalue weighted by molar-refractivity contribution is 0.415. The molecule has 2 aromatic carbocycles. The topological polar surface area (TPSA) is 26.5 Å². The monoisotopic (exact) mass is 444 g/mol. The standard InChI is InChI=1S/C21H21IN2O/c1-14-11-19(7-10-21(14)22)24-15(2)12-17(16(24)3)13-23-18-5-8-20(25-4)9-6-18/h5-13H,1-4H3. The predicted molar refractivity (Wildman–Crippen MR) is 113 cm³/mol. The second-order valence-corrected chi connectivity index (χ2v) is 7.21. The van der Waals surface area contributed by atoms with Gasteiger partial charge in [-0.3, -0.25) is 4.99 Å². The first-order chi connectivity index (χ1) is 12.0. The summed E-state index contributed by atoms with van der Waals surface area (Å²) in [5, 5.41) is 0. The highest BCUT2D eigenvalue weighted by Gasteiger charge is 2.10. The molecule has 1 aromatic heterocycles. The lowest BCUT2D eigenvalue weighted by Crippen LogP contribution is -2.00. The Morgan fingerprint density at radius 3 is 2.36 bits per heavy atom. The summed E-state index contributed by atoms with van der Waals surface area (Å²) in [5.74, 6) is 0.839. The summed E-state index contributed by atoms with van der Waals surface area (Å²) in [4.78, 5) is 4.60. The van der Waals surface area contributed by atoms with Crippen molar-refractivity contribution in [1.82, 2.24) is 4.57 Å². The lowest BCUT2D eigenvalue weighted by Gasteiger charge is -2.11. The Morgan fingerprint density at radius 2 is 1.72 bits per heavy atom. The van der Waals surface area contributed by atoms with E-state index in [1.807, 2.05) is 30.5 Å².